The van der Waals surface area contributed by atoms with Crippen molar-refractivity contribution in [3.05, 3.63) is 83.9 Å². The predicted octanol–water partition coefficient (Wildman–Crippen LogP) is 6.10. The molecule has 0 spiro atoms. The number of nitrogens with zero attached hydrogens (tertiary/aromatic N) is 2. The monoisotopic (exact) mass is 453 g/mol. The summed E-state index contributed by atoms with van der Waals surface area (Å²) in [7, 11) is 0. The summed E-state index contributed by atoms with van der Waals surface area (Å²) in [5.74, 6) is -0.136. The lowest BCUT2D eigenvalue weighted by atomic mass is 10.00. The minimum atomic E-state index is -0.432. The van der Waals surface area contributed by atoms with Crippen LogP contribution in [0.25, 0.3) is 28.1 Å². The van der Waals surface area contributed by atoms with Gasteiger partial charge in [0, 0.05) is 24.6 Å². The average Bonchev–Trinajstić information content (AvgIpc) is 3.18. The van der Waals surface area contributed by atoms with E-state index in [1.165, 1.54) is 6.92 Å². The van der Waals surface area contributed by atoms with Crippen molar-refractivity contribution >= 4 is 17.6 Å². The summed E-state index contributed by atoms with van der Waals surface area (Å²) in [5, 5.41) is 7.80. The molecule has 0 saturated carbocycles. The van der Waals surface area contributed by atoms with Crippen LogP contribution in [0.5, 0.6) is 5.88 Å². The number of carbonyl (C=O) groups is 2. The fourth-order valence-corrected chi connectivity index (χ4v) is 3.82. The van der Waals surface area contributed by atoms with Crippen LogP contribution in [0.15, 0.2) is 72.8 Å². The number of nitrogens with one attached hydrogen (secondary N) is 1. The molecule has 6 heteroatoms. The number of amides is 1. The zero-order valence-corrected chi connectivity index (χ0v) is 19.8. The summed E-state index contributed by atoms with van der Waals surface area (Å²) in [5.41, 5.74) is 6.77. The number of hydrogen-bond donors (Lipinski definition) is 1. The molecule has 6 nitrogen and oxygen atoms in total. The fourth-order valence-electron chi connectivity index (χ4n) is 3.82. The Kier molecular flexibility index (Phi) is 6.59. The maximum atomic E-state index is 12.2. The Morgan fingerprint density at radius 1 is 0.941 bits per heavy atom. The average molecular weight is 454 g/mol. The Balaban J connectivity index is 1.97. The Labute approximate surface area is 199 Å². The van der Waals surface area contributed by atoms with E-state index in [4.69, 9.17) is 9.84 Å². The molecule has 1 aromatic heterocycles. The number of ether oxygens (including phenoxy) is 1. The van der Waals surface area contributed by atoms with Crippen molar-refractivity contribution < 1.29 is 14.3 Å². The first-order chi connectivity index (χ1) is 16.4. The van der Waals surface area contributed by atoms with Gasteiger partial charge in [0.25, 0.3) is 0 Å². The van der Waals surface area contributed by atoms with Gasteiger partial charge in [0.05, 0.1) is 11.3 Å². The highest BCUT2D eigenvalue weighted by molar-refractivity contribution is 5.92. The molecule has 0 aliphatic rings. The number of benzene rings is 3. The van der Waals surface area contributed by atoms with Crippen LogP contribution < -0.4 is 10.1 Å². The molecular formula is C28H27N3O3. The Morgan fingerprint density at radius 2 is 1.68 bits per heavy atom. The lowest BCUT2D eigenvalue weighted by molar-refractivity contribution is -0.132. The zero-order chi connectivity index (χ0) is 24.2. The first kappa shape index (κ1) is 23.0. The number of hydrogen-bond acceptors (Lipinski definition) is 4. The van der Waals surface area contributed by atoms with Gasteiger partial charge in [-0.1, -0.05) is 61.0 Å². The number of aromatic nitrogens is 2. The topological polar surface area (TPSA) is 73.2 Å². The van der Waals surface area contributed by atoms with E-state index < -0.39 is 5.97 Å². The summed E-state index contributed by atoms with van der Waals surface area (Å²) >= 11 is 0. The van der Waals surface area contributed by atoms with Gasteiger partial charge in [0.2, 0.25) is 11.8 Å². The van der Waals surface area contributed by atoms with Crippen molar-refractivity contribution in [1.82, 2.24) is 9.78 Å². The largest absolute Gasteiger partial charge is 0.407 e. The summed E-state index contributed by atoms with van der Waals surface area (Å²) in [4.78, 5) is 24.0. The van der Waals surface area contributed by atoms with Crippen molar-refractivity contribution in [2.45, 2.75) is 34.1 Å². The van der Waals surface area contributed by atoms with Gasteiger partial charge in [-0.2, -0.15) is 9.78 Å². The predicted molar refractivity (Wildman–Crippen MR) is 134 cm³/mol. The van der Waals surface area contributed by atoms with Crippen molar-refractivity contribution in [1.29, 1.82) is 0 Å². The molecule has 3 aromatic carbocycles. The van der Waals surface area contributed by atoms with Crippen LogP contribution in [0.3, 0.4) is 0 Å². The molecule has 4 aromatic rings. The molecule has 1 heterocycles. The molecule has 0 atom stereocenters. The zero-order valence-electron chi connectivity index (χ0n) is 19.8. The van der Waals surface area contributed by atoms with Crippen LogP contribution in [0.1, 0.15) is 31.4 Å². The molecule has 0 aliphatic heterocycles. The third-order valence-electron chi connectivity index (χ3n) is 5.50. The summed E-state index contributed by atoms with van der Waals surface area (Å²) in [6.45, 7) is 7.21. The molecule has 34 heavy (non-hydrogen) atoms. The molecule has 1 N–H and O–H groups in total. The van der Waals surface area contributed by atoms with E-state index in [-0.39, 0.29) is 5.91 Å². The lowest BCUT2D eigenvalue weighted by Crippen LogP contribution is -2.09. The molecule has 0 aliphatic carbocycles. The smallest absolute Gasteiger partial charge is 0.309 e. The standard InChI is InChI=1S/C28H27N3O3/c1-5-25(33)29-23-15-13-21(14-16-23)26-27(22-11-8-9-18(2)17-22)30-31(28(26)34-20(4)32)24-12-7-6-10-19(24)3/h6-17H,5H2,1-4H3,(H,29,33). The van der Waals surface area contributed by atoms with E-state index in [1.54, 1.807) is 4.68 Å². The quantitative estimate of drug-likeness (QED) is 0.358. The number of para-hydroxylation sites is 1. The molecule has 0 unspecified atom stereocenters. The minimum Gasteiger partial charge on any atom is -0.407 e. The number of aryl methyl sites for hydroxylation is 2. The second kappa shape index (κ2) is 9.75. The van der Waals surface area contributed by atoms with Gasteiger partial charge in [-0.05, 0) is 49.2 Å². The minimum absolute atomic E-state index is 0.0545. The normalized spacial score (nSPS) is 10.7. The number of anilines is 1. The summed E-state index contributed by atoms with van der Waals surface area (Å²) < 4.78 is 7.47. The van der Waals surface area contributed by atoms with Gasteiger partial charge < -0.3 is 10.1 Å². The third kappa shape index (κ3) is 4.76. The van der Waals surface area contributed by atoms with E-state index in [1.807, 2.05) is 87.5 Å². The van der Waals surface area contributed by atoms with Gasteiger partial charge >= 0.3 is 5.97 Å². The van der Waals surface area contributed by atoms with Crippen LogP contribution in [-0.4, -0.2) is 21.7 Å². The summed E-state index contributed by atoms with van der Waals surface area (Å²) in [6.07, 6.45) is 0.402. The van der Waals surface area contributed by atoms with E-state index in [2.05, 4.69) is 11.4 Å². The van der Waals surface area contributed by atoms with Crippen molar-refractivity contribution in [2.24, 2.45) is 0 Å². The molecule has 4 rings (SSSR count). The van der Waals surface area contributed by atoms with Crippen LogP contribution in [0, 0.1) is 13.8 Å². The highest BCUT2D eigenvalue weighted by atomic mass is 16.5. The van der Waals surface area contributed by atoms with E-state index >= 15 is 0 Å². The molecule has 0 radical (unpaired) electrons. The highest BCUT2D eigenvalue weighted by Crippen LogP contribution is 2.41. The third-order valence-corrected chi connectivity index (χ3v) is 5.50. The maximum absolute atomic E-state index is 12.2. The molecule has 0 saturated heterocycles. The Bertz CT molecular complexity index is 1350. The Hall–Kier alpha value is -4.19. The van der Waals surface area contributed by atoms with Gasteiger partial charge in [0.15, 0.2) is 0 Å². The lowest BCUT2D eigenvalue weighted by Gasteiger charge is -2.11. The summed E-state index contributed by atoms with van der Waals surface area (Å²) in [6, 6.07) is 23.4. The maximum Gasteiger partial charge on any atom is 0.309 e. The molecular weight excluding hydrogens is 426 g/mol. The second-order valence-corrected chi connectivity index (χ2v) is 8.17. The number of carbonyl (C=O) groups excluding carboxylic acids is 2. The number of rotatable bonds is 6. The molecule has 0 fully saturated rings. The fraction of sp³-hybridized carbons (Fsp3) is 0.179. The van der Waals surface area contributed by atoms with Crippen LogP contribution in [0.4, 0.5) is 5.69 Å². The van der Waals surface area contributed by atoms with Gasteiger partial charge in [0.1, 0.15) is 5.69 Å². The first-order valence-corrected chi connectivity index (χ1v) is 11.2. The van der Waals surface area contributed by atoms with E-state index in [0.717, 1.165) is 27.9 Å². The number of esters is 1. The van der Waals surface area contributed by atoms with Crippen LogP contribution in [-0.2, 0) is 9.59 Å². The van der Waals surface area contributed by atoms with Crippen molar-refractivity contribution in [3.63, 3.8) is 0 Å². The Morgan fingerprint density at radius 3 is 2.32 bits per heavy atom. The molecule has 1 amide bonds. The van der Waals surface area contributed by atoms with Gasteiger partial charge in [-0.25, -0.2) is 0 Å². The molecule has 172 valence electrons. The van der Waals surface area contributed by atoms with Crippen molar-refractivity contribution in [2.75, 3.05) is 5.32 Å². The second-order valence-electron chi connectivity index (χ2n) is 8.17. The van der Waals surface area contributed by atoms with Crippen LogP contribution >= 0.6 is 0 Å². The van der Waals surface area contributed by atoms with Crippen molar-refractivity contribution in [3.8, 4) is 34.0 Å². The van der Waals surface area contributed by atoms with E-state index in [9.17, 15) is 9.59 Å². The van der Waals surface area contributed by atoms with Crippen LogP contribution in [0.2, 0.25) is 0 Å². The van der Waals surface area contributed by atoms with Gasteiger partial charge in [-0.15, -0.1) is 0 Å². The first-order valence-electron chi connectivity index (χ1n) is 11.2. The highest BCUT2D eigenvalue weighted by Gasteiger charge is 2.25. The van der Waals surface area contributed by atoms with E-state index in [0.29, 0.717) is 29.2 Å². The molecule has 0 bridgehead atoms. The SMILES string of the molecule is CCC(=O)Nc1ccc(-c2c(-c3cccc(C)c3)nn(-c3ccccc3C)c2OC(C)=O)cc1. The van der Waals surface area contributed by atoms with Gasteiger partial charge in [-0.3, -0.25) is 9.59 Å².